The van der Waals surface area contributed by atoms with E-state index < -0.39 is 0 Å². The molecule has 2 amide bonds. The van der Waals surface area contributed by atoms with Crippen LogP contribution in [0.3, 0.4) is 0 Å². The highest BCUT2D eigenvalue weighted by Crippen LogP contribution is 2.15. The second-order valence-corrected chi connectivity index (χ2v) is 4.49. The zero-order valence-corrected chi connectivity index (χ0v) is 10.7. The summed E-state index contributed by atoms with van der Waals surface area (Å²) in [6.45, 7) is 5.97. The quantitative estimate of drug-likeness (QED) is 0.635. The Morgan fingerprint density at radius 1 is 1.35 bits per heavy atom. The number of carbonyl (C=O) groups is 2. The first-order chi connectivity index (χ1) is 8.15. The first kappa shape index (κ1) is 14.0. The van der Waals surface area contributed by atoms with Gasteiger partial charge in [-0.15, -0.1) is 0 Å². The van der Waals surface area contributed by atoms with E-state index in [0.717, 1.165) is 19.4 Å². The molecule has 2 unspecified atom stereocenters. The first-order valence-corrected chi connectivity index (χ1v) is 6.43. The van der Waals surface area contributed by atoms with E-state index in [9.17, 15) is 9.59 Å². The van der Waals surface area contributed by atoms with Crippen molar-refractivity contribution >= 4 is 11.8 Å². The van der Waals surface area contributed by atoms with Crippen LogP contribution in [0.4, 0.5) is 0 Å². The molecule has 0 aromatic rings. The molecule has 1 aliphatic rings. The summed E-state index contributed by atoms with van der Waals surface area (Å²) in [6, 6.07) is 0.230. The summed E-state index contributed by atoms with van der Waals surface area (Å²) < 4.78 is 0. The molecule has 1 fully saturated rings. The molecular weight excluding hydrogens is 218 g/mol. The van der Waals surface area contributed by atoms with Crippen LogP contribution >= 0.6 is 0 Å². The molecular formula is C12H23N3O2. The highest BCUT2D eigenvalue weighted by Gasteiger charge is 2.26. The zero-order valence-electron chi connectivity index (χ0n) is 10.7. The maximum Gasteiger partial charge on any atom is 0.224 e. The summed E-state index contributed by atoms with van der Waals surface area (Å²) in [5.74, 6) is 0.0922. The Bertz CT molecular complexity index is 268. The van der Waals surface area contributed by atoms with E-state index in [1.807, 2.05) is 13.8 Å². The standard InChI is InChI=1S/C12H23N3O2/c1-3-13-11(16)6-8-15-12(17)10-5-4-7-14-9(10)2/h9-10,14H,3-8H2,1-2H3,(H,13,16)(H,15,17). The van der Waals surface area contributed by atoms with Crippen molar-refractivity contribution in [3.8, 4) is 0 Å². The smallest absolute Gasteiger partial charge is 0.224 e. The van der Waals surface area contributed by atoms with Crippen LogP contribution in [0.2, 0.25) is 0 Å². The molecule has 1 rings (SSSR count). The maximum atomic E-state index is 11.9. The molecule has 3 N–H and O–H groups in total. The van der Waals surface area contributed by atoms with Crippen molar-refractivity contribution in [2.45, 2.75) is 39.2 Å². The van der Waals surface area contributed by atoms with Gasteiger partial charge >= 0.3 is 0 Å². The molecule has 0 aromatic carbocycles. The molecule has 5 heteroatoms. The van der Waals surface area contributed by atoms with Crippen molar-refractivity contribution in [1.29, 1.82) is 0 Å². The molecule has 0 radical (unpaired) electrons. The van der Waals surface area contributed by atoms with Crippen molar-refractivity contribution in [3.05, 3.63) is 0 Å². The number of rotatable bonds is 5. The minimum Gasteiger partial charge on any atom is -0.356 e. The molecule has 0 bridgehead atoms. The molecule has 98 valence electrons. The van der Waals surface area contributed by atoms with E-state index >= 15 is 0 Å². The Balaban J connectivity index is 2.22. The molecule has 17 heavy (non-hydrogen) atoms. The van der Waals surface area contributed by atoms with E-state index in [2.05, 4.69) is 16.0 Å². The van der Waals surface area contributed by atoms with E-state index in [-0.39, 0.29) is 23.8 Å². The number of hydrogen-bond acceptors (Lipinski definition) is 3. The lowest BCUT2D eigenvalue weighted by Crippen LogP contribution is -2.47. The monoisotopic (exact) mass is 241 g/mol. The van der Waals surface area contributed by atoms with Gasteiger partial charge < -0.3 is 16.0 Å². The maximum absolute atomic E-state index is 11.9. The van der Waals surface area contributed by atoms with Crippen LogP contribution < -0.4 is 16.0 Å². The first-order valence-electron chi connectivity index (χ1n) is 6.43. The SMILES string of the molecule is CCNC(=O)CCNC(=O)C1CCCNC1C. The van der Waals surface area contributed by atoms with Gasteiger partial charge in [0.15, 0.2) is 0 Å². The second-order valence-electron chi connectivity index (χ2n) is 4.49. The predicted molar refractivity (Wildman–Crippen MR) is 66.5 cm³/mol. The largest absolute Gasteiger partial charge is 0.356 e. The Labute approximate surface area is 103 Å². The number of carbonyl (C=O) groups excluding carboxylic acids is 2. The van der Waals surface area contributed by atoms with E-state index in [4.69, 9.17) is 0 Å². The van der Waals surface area contributed by atoms with Crippen molar-refractivity contribution in [3.63, 3.8) is 0 Å². The Hall–Kier alpha value is -1.10. The number of nitrogens with one attached hydrogen (secondary N) is 3. The van der Waals surface area contributed by atoms with E-state index in [0.29, 0.717) is 19.5 Å². The van der Waals surface area contributed by atoms with Crippen LogP contribution in [-0.2, 0) is 9.59 Å². The minimum atomic E-state index is -0.0115. The third-order valence-electron chi connectivity index (χ3n) is 3.12. The number of hydrogen-bond donors (Lipinski definition) is 3. The van der Waals surface area contributed by atoms with Crippen molar-refractivity contribution in [2.75, 3.05) is 19.6 Å². The Morgan fingerprint density at radius 2 is 2.12 bits per heavy atom. The zero-order chi connectivity index (χ0) is 12.7. The molecule has 0 aliphatic carbocycles. The highest BCUT2D eigenvalue weighted by molar-refractivity contribution is 5.81. The molecule has 1 aliphatic heterocycles. The van der Waals surface area contributed by atoms with Crippen LogP contribution in [-0.4, -0.2) is 37.5 Å². The third kappa shape index (κ3) is 4.73. The fourth-order valence-corrected chi connectivity index (χ4v) is 2.12. The summed E-state index contributed by atoms with van der Waals surface area (Å²) in [5, 5.41) is 8.83. The van der Waals surface area contributed by atoms with Gasteiger partial charge in [0, 0.05) is 25.6 Å². The average Bonchev–Trinajstić information content (AvgIpc) is 2.29. The lowest BCUT2D eigenvalue weighted by molar-refractivity contribution is -0.126. The highest BCUT2D eigenvalue weighted by atomic mass is 16.2. The van der Waals surface area contributed by atoms with Gasteiger partial charge in [-0.25, -0.2) is 0 Å². The van der Waals surface area contributed by atoms with Crippen LogP contribution in [0, 0.1) is 5.92 Å². The summed E-state index contributed by atoms with van der Waals surface area (Å²) in [7, 11) is 0. The summed E-state index contributed by atoms with van der Waals surface area (Å²) in [5.41, 5.74) is 0. The molecule has 5 nitrogen and oxygen atoms in total. The summed E-state index contributed by atoms with van der Waals surface area (Å²) >= 11 is 0. The van der Waals surface area contributed by atoms with Gasteiger partial charge in [-0.05, 0) is 33.2 Å². The molecule has 2 atom stereocenters. The van der Waals surface area contributed by atoms with Gasteiger partial charge in [-0.2, -0.15) is 0 Å². The lowest BCUT2D eigenvalue weighted by atomic mass is 9.91. The van der Waals surface area contributed by atoms with E-state index in [1.54, 1.807) is 0 Å². The van der Waals surface area contributed by atoms with Crippen LogP contribution in [0.5, 0.6) is 0 Å². The van der Waals surface area contributed by atoms with Gasteiger partial charge in [-0.1, -0.05) is 0 Å². The molecule has 0 aromatic heterocycles. The van der Waals surface area contributed by atoms with Gasteiger partial charge in [0.1, 0.15) is 0 Å². The van der Waals surface area contributed by atoms with Crippen molar-refractivity contribution in [1.82, 2.24) is 16.0 Å². The minimum absolute atomic E-state index is 0.0115. The van der Waals surface area contributed by atoms with Gasteiger partial charge in [0.2, 0.25) is 11.8 Å². The second kappa shape index (κ2) is 7.27. The van der Waals surface area contributed by atoms with E-state index in [1.165, 1.54) is 0 Å². The fourth-order valence-electron chi connectivity index (χ4n) is 2.12. The Morgan fingerprint density at radius 3 is 2.76 bits per heavy atom. The molecule has 0 spiro atoms. The summed E-state index contributed by atoms with van der Waals surface area (Å²) in [6.07, 6.45) is 2.33. The third-order valence-corrected chi connectivity index (χ3v) is 3.12. The molecule has 1 saturated heterocycles. The van der Waals surface area contributed by atoms with Crippen LogP contribution in [0.25, 0.3) is 0 Å². The topological polar surface area (TPSA) is 70.2 Å². The normalized spacial score (nSPS) is 24.1. The molecule has 1 heterocycles. The van der Waals surface area contributed by atoms with Crippen LogP contribution in [0.15, 0.2) is 0 Å². The summed E-state index contributed by atoms with van der Waals surface area (Å²) in [4.78, 5) is 23.1. The lowest BCUT2D eigenvalue weighted by Gasteiger charge is -2.28. The van der Waals surface area contributed by atoms with Gasteiger partial charge in [0.05, 0.1) is 5.92 Å². The molecule has 0 saturated carbocycles. The van der Waals surface area contributed by atoms with Gasteiger partial charge in [-0.3, -0.25) is 9.59 Å². The van der Waals surface area contributed by atoms with Gasteiger partial charge in [0.25, 0.3) is 0 Å². The van der Waals surface area contributed by atoms with Crippen LogP contribution in [0.1, 0.15) is 33.1 Å². The number of amides is 2. The van der Waals surface area contributed by atoms with Crippen molar-refractivity contribution < 1.29 is 9.59 Å². The number of piperidine rings is 1. The average molecular weight is 241 g/mol. The predicted octanol–water partition coefficient (Wildman–Crippen LogP) is 0.0169. The Kier molecular flexibility index (Phi) is 5.97. The van der Waals surface area contributed by atoms with Crippen molar-refractivity contribution in [2.24, 2.45) is 5.92 Å². The fraction of sp³-hybridized carbons (Fsp3) is 0.833.